The summed E-state index contributed by atoms with van der Waals surface area (Å²) in [5.74, 6) is 2.60. The first kappa shape index (κ1) is 14.8. The molecule has 0 saturated carbocycles. The first-order valence-electron chi connectivity index (χ1n) is 4.92. The molecule has 0 bridgehead atoms. The Bertz CT molecular complexity index is 420. The van der Waals surface area contributed by atoms with Gasteiger partial charge in [-0.2, -0.15) is 0 Å². The van der Waals surface area contributed by atoms with Crippen molar-refractivity contribution in [1.29, 1.82) is 0 Å². The Hall–Kier alpha value is -0.290. The summed E-state index contributed by atoms with van der Waals surface area (Å²) in [5.41, 5.74) is 0.658. The van der Waals surface area contributed by atoms with Crippen molar-refractivity contribution in [1.82, 2.24) is 4.90 Å². The van der Waals surface area contributed by atoms with Gasteiger partial charge in [-0.15, -0.1) is 11.8 Å². The van der Waals surface area contributed by atoms with Crippen molar-refractivity contribution < 1.29 is 14.7 Å². The molecule has 1 N–H and O–H groups in total. The summed E-state index contributed by atoms with van der Waals surface area (Å²) >= 11 is 1.74. The van der Waals surface area contributed by atoms with Gasteiger partial charge < -0.3 is 5.11 Å². The van der Waals surface area contributed by atoms with Crippen LogP contribution in [-0.4, -0.2) is 75.7 Å². The van der Waals surface area contributed by atoms with Gasteiger partial charge in [-0.25, -0.2) is 9.59 Å². The third-order valence-corrected chi connectivity index (χ3v) is 3.64. The molecule has 0 aromatic heterocycles. The Kier molecular flexibility index (Phi) is 5.73. The zero-order valence-corrected chi connectivity index (χ0v) is 12.4. The van der Waals surface area contributed by atoms with Crippen molar-refractivity contribution >= 4 is 53.2 Å². The first-order valence-corrected chi connectivity index (χ1v) is 6.08. The standard InChI is InChI=1S/C11H11NO3S.Na/c13-6-8-2-1-3-9(11(14)15)10(8)12-4-5-16-7-12;/h1-3,10H,4-5,7H2,(H,14,15);. The van der Waals surface area contributed by atoms with Gasteiger partial charge in [-0.05, 0) is 12.2 Å². The van der Waals surface area contributed by atoms with Crippen LogP contribution < -0.4 is 0 Å². The van der Waals surface area contributed by atoms with E-state index in [0.29, 0.717) is 5.57 Å². The first-order chi connectivity index (χ1) is 7.74. The van der Waals surface area contributed by atoms with E-state index < -0.39 is 12.0 Å². The second-order valence-electron chi connectivity index (χ2n) is 3.60. The quantitative estimate of drug-likeness (QED) is 0.572. The molecular formula is C11H11NNaO3S. The Morgan fingerprint density at radius 1 is 1.59 bits per heavy atom. The molecule has 1 unspecified atom stereocenters. The topological polar surface area (TPSA) is 57.6 Å². The SMILES string of the molecule is O=C=C1C=CC=C(C(=O)O)C1N1CCSC1.[Na]. The molecule has 85 valence electrons. The van der Waals surface area contributed by atoms with E-state index in [1.54, 1.807) is 30.0 Å². The van der Waals surface area contributed by atoms with E-state index >= 15 is 0 Å². The van der Waals surface area contributed by atoms with Gasteiger partial charge in [0.15, 0.2) is 0 Å². The van der Waals surface area contributed by atoms with Crippen molar-refractivity contribution in [3.63, 3.8) is 0 Å². The molecule has 1 atom stereocenters. The van der Waals surface area contributed by atoms with Crippen molar-refractivity contribution in [2.45, 2.75) is 6.04 Å². The molecule has 4 nitrogen and oxygen atoms in total. The van der Waals surface area contributed by atoms with Crippen LogP contribution in [0.2, 0.25) is 0 Å². The maximum atomic E-state index is 11.1. The van der Waals surface area contributed by atoms with E-state index in [1.807, 2.05) is 10.8 Å². The summed E-state index contributed by atoms with van der Waals surface area (Å²) in [6.45, 7) is 0.805. The average Bonchev–Trinajstić information content (AvgIpc) is 2.81. The minimum absolute atomic E-state index is 0. The van der Waals surface area contributed by atoms with E-state index in [1.165, 1.54) is 0 Å². The van der Waals surface area contributed by atoms with Crippen LogP contribution >= 0.6 is 11.8 Å². The van der Waals surface area contributed by atoms with Gasteiger partial charge in [0.05, 0.1) is 17.2 Å². The van der Waals surface area contributed by atoms with Gasteiger partial charge in [0.25, 0.3) is 0 Å². The zero-order chi connectivity index (χ0) is 11.5. The van der Waals surface area contributed by atoms with Crippen molar-refractivity contribution in [3.05, 3.63) is 29.4 Å². The Morgan fingerprint density at radius 2 is 2.35 bits per heavy atom. The average molecular weight is 260 g/mol. The third kappa shape index (κ3) is 3.13. The second-order valence-corrected chi connectivity index (χ2v) is 4.67. The molecule has 0 amide bonds. The van der Waals surface area contributed by atoms with E-state index in [0.717, 1.165) is 18.2 Å². The van der Waals surface area contributed by atoms with Crippen LogP contribution in [0.15, 0.2) is 29.4 Å². The monoisotopic (exact) mass is 260 g/mol. The minimum atomic E-state index is -0.973. The molecule has 1 fully saturated rings. The summed E-state index contributed by atoms with van der Waals surface area (Å²) in [4.78, 5) is 23.9. The van der Waals surface area contributed by atoms with Crippen LogP contribution in [-0.2, 0) is 9.59 Å². The number of hydrogen-bond acceptors (Lipinski definition) is 4. The van der Waals surface area contributed by atoms with Gasteiger partial charge in [-0.3, -0.25) is 4.90 Å². The van der Waals surface area contributed by atoms with Crippen LogP contribution in [0.5, 0.6) is 0 Å². The van der Waals surface area contributed by atoms with Gasteiger partial charge in [0, 0.05) is 47.7 Å². The van der Waals surface area contributed by atoms with Gasteiger partial charge >= 0.3 is 5.97 Å². The minimum Gasteiger partial charge on any atom is -0.478 e. The van der Waals surface area contributed by atoms with Crippen LogP contribution in [0.4, 0.5) is 0 Å². The number of carboxylic acids is 1. The summed E-state index contributed by atoms with van der Waals surface area (Å²) in [5, 5.41) is 9.10. The van der Waals surface area contributed by atoms with Crippen molar-refractivity contribution in [3.8, 4) is 0 Å². The fourth-order valence-electron chi connectivity index (χ4n) is 1.91. The molecular weight excluding hydrogens is 249 g/mol. The predicted octanol–water partition coefficient (Wildman–Crippen LogP) is 0.319. The molecule has 2 rings (SSSR count). The van der Waals surface area contributed by atoms with E-state index in [2.05, 4.69) is 0 Å². The molecule has 1 aliphatic heterocycles. The second kappa shape index (κ2) is 6.59. The van der Waals surface area contributed by atoms with Gasteiger partial charge in [-0.1, -0.05) is 6.08 Å². The molecule has 1 radical (unpaired) electrons. The maximum Gasteiger partial charge on any atom is 0.333 e. The molecule has 6 heteroatoms. The van der Waals surface area contributed by atoms with Crippen LogP contribution in [0.1, 0.15) is 0 Å². The number of allylic oxidation sites excluding steroid dienone is 2. The molecule has 17 heavy (non-hydrogen) atoms. The number of rotatable bonds is 2. The number of hydrogen-bond donors (Lipinski definition) is 1. The number of aliphatic carboxylic acids is 1. The number of nitrogens with zero attached hydrogens (tertiary/aromatic N) is 1. The normalized spacial score (nSPS) is 23.9. The summed E-state index contributed by atoms with van der Waals surface area (Å²) in [7, 11) is 0. The fraction of sp³-hybridized carbons (Fsp3) is 0.364. The number of carbonyl (C=O) groups excluding carboxylic acids is 1. The van der Waals surface area contributed by atoms with Crippen LogP contribution in [0.25, 0.3) is 0 Å². The number of carboxylic acid groups (broad SMARTS) is 1. The Labute approximate surface area is 126 Å². The van der Waals surface area contributed by atoms with E-state index in [9.17, 15) is 9.59 Å². The van der Waals surface area contributed by atoms with E-state index in [-0.39, 0.29) is 35.1 Å². The molecule has 1 aliphatic carbocycles. The molecule has 2 aliphatic rings. The van der Waals surface area contributed by atoms with Gasteiger partial charge in [0.1, 0.15) is 5.94 Å². The van der Waals surface area contributed by atoms with Crippen LogP contribution in [0, 0.1) is 0 Å². The van der Waals surface area contributed by atoms with Crippen LogP contribution in [0.3, 0.4) is 0 Å². The smallest absolute Gasteiger partial charge is 0.333 e. The molecule has 1 saturated heterocycles. The number of carbonyl (C=O) groups is 1. The van der Waals surface area contributed by atoms with Gasteiger partial charge in [0.2, 0.25) is 0 Å². The van der Waals surface area contributed by atoms with Crippen molar-refractivity contribution in [2.75, 3.05) is 18.2 Å². The summed E-state index contributed by atoms with van der Waals surface area (Å²) in [6, 6.07) is -0.435. The zero-order valence-electron chi connectivity index (χ0n) is 9.55. The van der Waals surface area contributed by atoms with E-state index in [4.69, 9.17) is 5.11 Å². The molecule has 0 spiro atoms. The Balaban J connectivity index is 0.00000144. The predicted molar refractivity (Wildman–Crippen MR) is 67.6 cm³/mol. The largest absolute Gasteiger partial charge is 0.478 e. The fourth-order valence-corrected chi connectivity index (χ4v) is 2.91. The third-order valence-electron chi connectivity index (χ3n) is 2.65. The molecule has 1 heterocycles. The number of thioether (sulfide) groups is 1. The molecule has 0 aromatic rings. The summed E-state index contributed by atoms with van der Waals surface area (Å²) < 4.78 is 0. The molecule has 0 aromatic carbocycles. The van der Waals surface area contributed by atoms with Crippen molar-refractivity contribution in [2.24, 2.45) is 0 Å². The maximum absolute atomic E-state index is 11.1. The Morgan fingerprint density at radius 3 is 2.88 bits per heavy atom. The summed E-state index contributed by atoms with van der Waals surface area (Å²) in [6.07, 6.45) is 4.77.